The summed E-state index contributed by atoms with van der Waals surface area (Å²) in [6.07, 6.45) is -0.219. The minimum atomic E-state index is -1.00. The fourth-order valence-electron chi connectivity index (χ4n) is 1.12. The lowest BCUT2D eigenvalue weighted by Crippen LogP contribution is -2.15. The lowest BCUT2D eigenvalue weighted by atomic mass is 10.0. The average molecular weight is 216 g/mol. The van der Waals surface area contributed by atoms with E-state index in [0.717, 1.165) is 0 Å². The van der Waals surface area contributed by atoms with Crippen molar-refractivity contribution in [3.63, 3.8) is 0 Å². The number of carbonyl (C=O) groups is 1. The predicted molar refractivity (Wildman–Crippen MR) is 52.3 cm³/mol. The third kappa shape index (κ3) is 2.37. The molecular weight excluding hydrogens is 206 g/mol. The number of halogens is 1. The van der Waals surface area contributed by atoms with Crippen molar-refractivity contribution in [3.8, 4) is 5.75 Å². The van der Waals surface area contributed by atoms with Crippen molar-refractivity contribution in [1.29, 1.82) is 0 Å². The molecule has 0 spiro atoms. The Morgan fingerprint density at radius 1 is 1.57 bits per heavy atom. The number of rotatable bonds is 3. The Morgan fingerprint density at radius 2 is 2.21 bits per heavy atom. The first-order valence-electron chi connectivity index (χ1n) is 3.97. The predicted octanol–water partition coefficient (Wildman–Crippen LogP) is 1.52. The number of aromatic hydroxyl groups is 1. The molecule has 1 rings (SSSR count). The number of carboxylic acid groups (broad SMARTS) is 1. The zero-order chi connectivity index (χ0) is 10.7. The van der Waals surface area contributed by atoms with Gasteiger partial charge in [0, 0.05) is 6.04 Å². The maximum Gasteiger partial charge on any atom is 0.305 e. The summed E-state index contributed by atoms with van der Waals surface area (Å²) in [6, 6.07) is 3.87. The molecule has 0 radical (unpaired) electrons. The van der Waals surface area contributed by atoms with Crippen molar-refractivity contribution < 1.29 is 15.0 Å². The van der Waals surface area contributed by atoms with Crippen molar-refractivity contribution in [3.05, 3.63) is 28.8 Å². The van der Waals surface area contributed by atoms with E-state index in [1.807, 2.05) is 0 Å². The summed E-state index contributed by atoms with van der Waals surface area (Å²) >= 11 is 5.75. The molecular formula is C9H10ClNO3. The van der Waals surface area contributed by atoms with E-state index in [1.165, 1.54) is 6.07 Å². The van der Waals surface area contributed by atoms with Crippen LogP contribution in [-0.2, 0) is 4.79 Å². The third-order valence-electron chi connectivity index (χ3n) is 1.80. The van der Waals surface area contributed by atoms with Gasteiger partial charge in [-0.3, -0.25) is 4.79 Å². The largest absolute Gasteiger partial charge is 0.506 e. The van der Waals surface area contributed by atoms with Crippen LogP contribution in [0.2, 0.25) is 5.02 Å². The smallest absolute Gasteiger partial charge is 0.305 e. The van der Waals surface area contributed by atoms with Gasteiger partial charge in [0.2, 0.25) is 0 Å². The van der Waals surface area contributed by atoms with E-state index >= 15 is 0 Å². The van der Waals surface area contributed by atoms with E-state index in [4.69, 9.17) is 22.4 Å². The monoisotopic (exact) mass is 215 g/mol. The van der Waals surface area contributed by atoms with Gasteiger partial charge in [-0.15, -0.1) is 0 Å². The second-order valence-corrected chi connectivity index (χ2v) is 3.26. The normalized spacial score (nSPS) is 12.4. The van der Waals surface area contributed by atoms with Gasteiger partial charge < -0.3 is 15.9 Å². The van der Waals surface area contributed by atoms with E-state index in [1.54, 1.807) is 12.1 Å². The van der Waals surface area contributed by atoms with Gasteiger partial charge in [-0.1, -0.05) is 23.7 Å². The molecule has 0 fully saturated rings. The molecule has 4 N–H and O–H groups in total. The Balaban J connectivity index is 2.95. The Hall–Kier alpha value is -1.26. The van der Waals surface area contributed by atoms with Crippen molar-refractivity contribution >= 4 is 17.6 Å². The molecule has 0 aliphatic rings. The van der Waals surface area contributed by atoms with Crippen LogP contribution in [-0.4, -0.2) is 16.2 Å². The quantitative estimate of drug-likeness (QED) is 0.714. The van der Waals surface area contributed by atoms with Crippen LogP contribution in [0.3, 0.4) is 0 Å². The lowest BCUT2D eigenvalue weighted by Gasteiger charge is -2.11. The van der Waals surface area contributed by atoms with Gasteiger partial charge in [-0.2, -0.15) is 0 Å². The van der Waals surface area contributed by atoms with Gasteiger partial charge in [0.25, 0.3) is 0 Å². The second kappa shape index (κ2) is 4.30. The molecule has 0 saturated heterocycles. The topological polar surface area (TPSA) is 83.6 Å². The third-order valence-corrected chi connectivity index (χ3v) is 2.21. The molecule has 0 amide bonds. The van der Waals surface area contributed by atoms with Gasteiger partial charge in [-0.05, 0) is 11.6 Å². The summed E-state index contributed by atoms with van der Waals surface area (Å²) in [4.78, 5) is 10.4. The molecule has 1 atom stereocenters. The summed E-state index contributed by atoms with van der Waals surface area (Å²) in [5.41, 5.74) is 6.03. The molecule has 0 unspecified atom stereocenters. The molecule has 5 heteroatoms. The molecule has 4 nitrogen and oxygen atoms in total. The molecule has 0 saturated carbocycles. The van der Waals surface area contributed by atoms with Crippen LogP contribution in [0.4, 0.5) is 0 Å². The Labute approximate surface area is 85.9 Å². The minimum absolute atomic E-state index is 0.0926. The van der Waals surface area contributed by atoms with Crippen LogP contribution >= 0.6 is 11.6 Å². The minimum Gasteiger partial charge on any atom is -0.506 e. The second-order valence-electron chi connectivity index (χ2n) is 2.88. The summed E-state index contributed by atoms with van der Waals surface area (Å²) < 4.78 is 0. The summed E-state index contributed by atoms with van der Waals surface area (Å²) in [5, 5.41) is 17.9. The fourth-order valence-corrected chi connectivity index (χ4v) is 1.39. The van der Waals surface area contributed by atoms with Crippen molar-refractivity contribution in [2.75, 3.05) is 0 Å². The number of carboxylic acids is 1. The maximum absolute atomic E-state index is 10.4. The first-order chi connectivity index (χ1) is 6.52. The van der Waals surface area contributed by atoms with E-state index in [-0.39, 0.29) is 17.2 Å². The molecule has 0 aliphatic carbocycles. The molecule has 14 heavy (non-hydrogen) atoms. The number of nitrogens with two attached hydrogens (primary N) is 1. The van der Waals surface area contributed by atoms with Gasteiger partial charge in [-0.25, -0.2) is 0 Å². The number of hydrogen-bond donors (Lipinski definition) is 3. The Bertz CT molecular complexity index is 354. The molecule has 0 heterocycles. The van der Waals surface area contributed by atoms with Crippen LogP contribution in [0, 0.1) is 0 Å². The van der Waals surface area contributed by atoms with E-state index in [2.05, 4.69) is 0 Å². The number of aliphatic carboxylic acids is 1. The van der Waals surface area contributed by atoms with E-state index < -0.39 is 12.0 Å². The summed E-state index contributed by atoms with van der Waals surface area (Å²) in [7, 11) is 0. The number of phenolic OH excluding ortho intramolecular Hbond substituents is 1. The van der Waals surface area contributed by atoms with Crippen LogP contribution in [0.1, 0.15) is 18.0 Å². The Morgan fingerprint density at radius 3 is 2.79 bits per heavy atom. The molecule has 76 valence electrons. The zero-order valence-corrected chi connectivity index (χ0v) is 8.03. The van der Waals surface area contributed by atoms with Gasteiger partial charge in [0.05, 0.1) is 11.4 Å². The SMILES string of the molecule is N[C@@H](CC(=O)O)c1cccc(O)c1Cl. The lowest BCUT2D eigenvalue weighted by molar-refractivity contribution is -0.137. The van der Waals surface area contributed by atoms with Crippen LogP contribution in [0.15, 0.2) is 18.2 Å². The van der Waals surface area contributed by atoms with Gasteiger partial charge in [0.15, 0.2) is 0 Å². The first kappa shape index (κ1) is 10.8. The molecule has 0 aromatic heterocycles. The van der Waals surface area contributed by atoms with Gasteiger partial charge >= 0.3 is 5.97 Å². The maximum atomic E-state index is 10.4. The molecule has 0 bridgehead atoms. The zero-order valence-electron chi connectivity index (χ0n) is 7.27. The highest BCUT2D eigenvalue weighted by molar-refractivity contribution is 6.32. The van der Waals surface area contributed by atoms with Crippen LogP contribution in [0.5, 0.6) is 5.75 Å². The first-order valence-corrected chi connectivity index (χ1v) is 4.35. The highest BCUT2D eigenvalue weighted by Gasteiger charge is 2.15. The van der Waals surface area contributed by atoms with Gasteiger partial charge in [0.1, 0.15) is 5.75 Å². The number of hydrogen-bond acceptors (Lipinski definition) is 3. The van der Waals surface area contributed by atoms with Crippen molar-refractivity contribution in [1.82, 2.24) is 0 Å². The van der Waals surface area contributed by atoms with Crippen molar-refractivity contribution in [2.45, 2.75) is 12.5 Å². The van der Waals surface area contributed by atoms with Crippen LogP contribution < -0.4 is 5.73 Å². The highest BCUT2D eigenvalue weighted by Crippen LogP contribution is 2.30. The average Bonchev–Trinajstić information content (AvgIpc) is 2.08. The summed E-state index contributed by atoms with van der Waals surface area (Å²) in [5.74, 6) is -1.10. The fraction of sp³-hybridized carbons (Fsp3) is 0.222. The standard InChI is InChI=1S/C9H10ClNO3/c10-9-5(2-1-3-7(9)12)6(11)4-8(13)14/h1-3,6,12H,4,11H2,(H,13,14)/t6-/m0/s1. The number of benzene rings is 1. The molecule has 1 aromatic rings. The number of phenols is 1. The van der Waals surface area contributed by atoms with Crippen molar-refractivity contribution in [2.24, 2.45) is 5.73 Å². The Kier molecular flexibility index (Phi) is 3.33. The summed E-state index contributed by atoms with van der Waals surface area (Å²) in [6.45, 7) is 0. The van der Waals surface area contributed by atoms with E-state index in [0.29, 0.717) is 5.56 Å². The van der Waals surface area contributed by atoms with Crippen LogP contribution in [0.25, 0.3) is 0 Å². The molecule has 1 aromatic carbocycles. The highest BCUT2D eigenvalue weighted by atomic mass is 35.5. The van der Waals surface area contributed by atoms with E-state index in [9.17, 15) is 9.90 Å². The molecule has 0 aliphatic heterocycles.